The molecule has 0 aromatic heterocycles. The fraction of sp³-hybridized carbons (Fsp3) is 0.929. The lowest BCUT2D eigenvalue weighted by Crippen LogP contribution is -2.59. The van der Waals surface area contributed by atoms with Gasteiger partial charge in [-0.2, -0.15) is 0 Å². The third-order valence-electron chi connectivity index (χ3n) is 3.51. The van der Waals surface area contributed by atoms with Crippen LogP contribution in [0.25, 0.3) is 0 Å². The summed E-state index contributed by atoms with van der Waals surface area (Å²) in [6, 6.07) is 0. The number of likely N-dealkylation sites (N-methyl/N-ethyl adjacent to an activating group) is 1. The Labute approximate surface area is 116 Å². The Morgan fingerprint density at radius 3 is 2.79 bits per heavy atom. The summed E-state index contributed by atoms with van der Waals surface area (Å²) in [5.41, 5.74) is -0.639. The van der Waals surface area contributed by atoms with Gasteiger partial charge in [-0.1, -0.05) is 13.8 Å². The zero-order valence-electron chi connectivity index (χ0n) is 12.7. The summed E-state index contributed by atoms with van der Waals surface area (Å²) in [4.78, 5) is 14.4. The average Bonchev–Trinajstić information content (AvgIpc) is 2.39. The van der Waals surface area contributed by atoms with Gasteiger partial charge < -0.3 is 14.8 Å². The van der Waals surface area contributed by atoms with E-state index in [1.807, 2.05) is 20.8 Å². The van der Waals surface area contributed by atoms with Crippen LogP contribution >= 0.6 is 0 Å². The van der Waals surface area contributed by atoms with E-state index >= 15 is 0 Å². The second kappa shape index (κ2) is 7.82. The molecular formula is C14H28N2O3. The van der Waals surface area contributed by atoms with Crippen LogP contribution in [0.5, 0.6) is 0 Å². The molecule has 1 rings (SSSR count). The van der Waals surface area contributed by atoms with E-state index in [2.05, 4.69) is 17.1 Å². The van der Waals surface area contributed by atoms with Gasteiger partial charge in [0.1, 0.15) is 5.54 Å². The molecular weight excluding hydrogens is 244 g/mol. The molecule has 1 saturated heterocycles. The third-order valence-corrected chi connectivity index (χ3v) is 3.51. The van der Waals surface area contributed by atoms with Gasteiger partial charge in [-0.05, 0) is 26.8 Å². The summed E-state index contributed by atoms with van der Waals surface area (Å²) in [5.74, 6) is -0.170. The molecule has 0 aromatic rings. The molecule has 5 nitrogen and oxygen atoms in total. The predicted octanol–water partition coefficient (Wildman–Crippen LogP) is 1.03. The first kappa shape index (κ1) is 16.4. The molecule has 112 valence electrons. The van der Waals surface area contributed by atoms with E-state index in [4.69, 9.17) is 9.47 Å². The van der Waals surface area contributed by atoms with Crippen molar-refractivity contribution in [3.8, 4) is 0 Å². The van der Waals surface area contributed by atoms with Crippen LogP contribution in [0, 0.1) is 0 Å². The van der Waals surface area contributed by atoms with Gasteiger partial charge in [0.15, 0.2) is 0 Å². The Morgan fingerprint density at radius 2 is 2.21 bits per heavy atom. The highest BCUT2D eigenvalue weighted by molar-refractivity contribution is 5.80. The van der Waals surface area contributed by atoms with Crippen LogP contribution in [0.15, 0.2) is 0 Å². The molecule has 2 atom stereocenters. The highest BCUT2D eigenvalue weighted by atomic mass is 16.5. The zero-order valence-corrected chi connectivity index (χ0v) is 12.7. The van der Waals surface area contributed by atoms with E-state index in [0.717, 1.165) is 32.7 Å². The van der Waals surface area contributed by atoms with E-state index in [-0.39, 0.29) is 12.1 Å². The topological polar surface area (TPSA) is 50.8 Å². The molecule has 0 saturated carbocycles. The molecule has 0 radical (unpaired) electrons. The normalized spacial score (nSPS) is 23.9. The van der Waals surface area contributed by atoms with E-state index in [9.17, 15) is 4.79 Å². The first-order chi connectivity index (χ1) is 9.05. The maximum Gasteiger partial charge on any atom is 0.327 e. The van der Waals surface area contributed by atoms with Crippen LogP contribution in [-0.4, -0.2) is 61.9 Å². The van der Waals surface area contributed by atoms with Gasteiger partial charge in [0.2, 0.25) is 0 Å². The van der Waals surface area contributed by atoms with Gasteiger partial charge in [-0.15, -0.1) is 0 Å². The fourth-order valence-corrected chi connectivity index (χ4v) is 2.49. The van der Waals surface area contributed by atoms with Crippen molar-refractivity contribution < 1.29 is 14.3 Å². The summed E-state index contributed by atoms with van der Waals surface area (Å²) < 4.78 is 10.9. The molecule has 19 heavy (non-hydrogen) atoms. The molecule has 0 aliphatic carbocycles. The number of hydrogen-bond acceptors (Lipinski definition) is 5. The summed E-state index contributed by atoms with van der Waals surface area (Å²) in [6.45, 7) is 12.2. The van der Waals surface area contributed by atoms with Gasteiger partial charge >= 0.3 is 5.97 Å². The molecule has 2 unspecified atom stereocenters. The number of carbonyl (C=O) groups is 1. The molecule has 1 aliphatic heterocycles. The first-order valence-electron chi connectivity index (χ1n) is 7.31. The number of esters is 1. The maximum absolute atomic E-state index is 12.1. The standard InChI is InChI=1S/C14H28N2O3/c1-5-12-10-16(8-9-19-12)11-14(4,15-6-2)13(17)18-7-3/h12,15H,5-11H2,1-4H3. The lowest BCUT2D eigenvalue weighted by molar-refractivity contribution is -0.152. The SMILES string of the molecule is CCNC(C)(CN1CCOC(CC)C1)C(=O)OCC. The summed E-state index contributed by atoms with van der Waals surface area (Å²) in [6.07, 6.45) is 1.29. The molecule has 0 bridgehead atoms. The Morgan fingerprint density at radius 1 is 1.47 bits per heavy atom. The molecule has 1 fully saturated rings. The van der Waals surface area contributed by atoms with Crippen molar-refractivity contribution in [1.82, 2.24) is 10.2 Å². The van der Waals surface area contributed by atoms with E-state index in [0.29, 0.717) is 13.2 Å². The number of hydrogen-bond donors (Lipinski definition) is 1. The number of morpholine rings is 1. The third kappa shape index (κ3) is 4.75. The van der Waals surface area contributed by atoms with Crippen molar-refractivity contribution >= 4 is 5.97 Å². The quantitative estimate of drug-likeness (QED) is 0.702. The highest BCUT2D eigenvalue weighted by Gasteiger charge is 2.37. The maximum atomic E-state index is 12.1. The average molecular weight is 272 g/mol. The minimum Gasteiger partial charge on any atom is -0.465 e. The van der Waals surface area contributed by atoms with Crippen molar-refractivity contribution in [2.75, 3.05) is 39.4 Å². The van der Waals surface area contributed by atoms with Crippen LogP contribution in [0.4, 0.5) is 0 Å². The molecule has 1 heterocycles. The first-order valence-corrected chi connectivity index (χ1v) is 7.31. The van der Waals surface area contributed by atoms with Crippen molar-refractivity contribution in [2.24, 2.45) is 0 Å². The minimum atomic E-state index is -0.639. The van der Waals surface area contributed by atoms with Gasteiger partial charge in [0.25, 0.3) is 0 Å². The second-order valence-electron chi connectivity index (χ2n) is 5.22. The number of nitrogens with one attached hydrogen (secondary N) is 1. The number of ether oxygens (including phenoxy) is 2. The Hall–Kier alpha value is -0.650. The van der Waals surface area contributed by atoms with Crippen molar-refractivity contribution in [2.45, 2.75) is 45.8 Å². The minimum absolute atomic E-state index is 0.170. The van der Waals surface area contributed by atoms with Crippen molar-refractivity contribution in [3.63, 3.8) is 0 Å². The van der Waals surface area contributed by atoms with Crippen LogP contribution < -0.4 is 5.32 Å². The van der Waals surface area contributed by atoms with Crippen molar-refractivity contribution in [1.29, 1.82) is 0 Å². The number of nitrogens with zero attached hydrogens (tertiary/aromatic N) is 1. The smallest absolute Gasteiger partial charge is 0.327 e. The van der Waals surface area contributed by atoms with Crippen LogP contribution in [-0.2, 0) is 14.3 Å². The predicted molar refractivity (Wildman–Crippen MR) is 75.2 cm³/mol. The molecule has 1 aliphatic rings. The van der Waals surface area contributed by atoms with Crippen LogP contribution in [0.2, 0.25) is 0 Å². The van der Waals surface area contributed by atoms with E-state index < -0.39 is 5.54 Å². The van der Waals surface area contributed by atoms with Crippen LogP contribution in [0.1, 0.15) is 34.1 Å². The molecule has 0 spiro atoms. The van der Waals surface area contributed by atoms with Gasteiger partial charge in [0.05, 0.1) is 19.3 Å². The summed E-state index contributed by atoms with van der Waals surface area (Å²) in [5, 5.41) is 3.27. The molecule has 0 amide bonds. The largest absolute Gasteiger partial charge is 0.465 e. The van der Waals surface area contributed by atoms with E-state index in [1.54, 1.807) is 0 Å². The molecule has 1 N–H and O–H groups in total. The molecule has 5 heteroatoms. The van der Waals surface area contributed by atoms with Gasteiger partial charge in [-0.3, -0.25) is 9.69 Å². The van der Waals surface area contributed by atoms with E-state index in [1.165, 1.54) is 0 Å². The monoisotopic (exact) mass is 272 g/mol. The lowest BCUT2D eigenvalue weighted by atomic mass is 10.0. The summed E-state index contributed by atoms with van der Waals surface area (Å²) >= 11 is 0. The Kier molecular flexibility index (Phi) is 6.75. The fourth-order valence-electron chi connectivity index (χ4n) is 2.49. The molecule has 0 aromatic carbocycles. The number of rotatable bonds is 7. The van der Waals surface area contributed by atoms with Crippen LogP contribution in [0.3, 0.4) is 0 Å². The Balaban J connectivity index is 2.63. The van der Waals surface area contributed by atoms with Gasteiger partial charge in [0, 0.05) is 19.6 Å². The Bertz CT molecular complexity index is 286. The lowest BCUT2D eigenvalue weighted by Gasteiger charge is -2.38. The highest BCUT2D eigenvalue weighted by Crippen LogP contribution is 2.14. The van der Waals surface area contributed by atoms with Crippen molar-refractivity contribution in [3.05, 3.63) is 0 Å². The summed E-state index contributed by atoms with van der Waals surface area (Å²) in [7, 11) is 0. The van der Waals surface area contributed by atoms with Gasteiger partial charge in [-0.25, -0.2) is 0 Å². The number of carbonyl (C=O) groups excluding carboxylic acids is 1. The zero-order chi connectivity index (χ0) is 14.3. The second-order valence-corrected chi connectivity index (χ2v) is 5.22.